The molecule has 1 aromatic carbocycles. The molecule has 0 saturated carbocycles. The van der Waals surface area contributed by atoms with Crippen molar-refractivity contribution >= 4 is 11.9 Å². The highest BCUT2D eigenvalue weighted by atomic mass is 19.1. The number of fused-ring (bicyclic) bond motifs is 1. The molecule has 1 saturated heterocycles. The van der Waals surface area contributed by atoms with Crippen molar-refractivity contribution in [1.82, 2.24) is 9.88 Å². The van der Waals surface area contributed by atoms with Crippen molar-refractivity contribution in [3.63, 3.8) is 0 Å². The highest BCUT2D eigenvalue weighted by Crippen LogP contribution is 2.33. The van der Waals surface area contributed by atoms with Crippen LogP contribution in [-0.2, 0) is 9.53 Å². The van der Waals surface area contributed by atoms with Gasteiger partial charge in [-0.3, -0.25) is 9.69 Å². The zero-order valence-corrected chi connectivity index (χ0v) is 16.4. The maximum Gasteiger partial charge on any atom is 0.256 e. The molecule has 7 nitrogen and oxygen atoms in total. The number of rotatable bonds is 2. The number of aromatic nitrogens is 1. The van der Waals surface area contributed by atoms with Crippen LogP contribution in [0.3, 0.4) is 0 Å². The van der Waals surface area contributed by atoms with Gasteiger partial charge in [0.25, 0.3) is 5.95 Å². The number of hydrogen-bond donors (Lipinski definition) is 1. The second-order valence-corrected chi connectivity index (χ2v) is 7.12. The van der Waals surface area contributed by atoms with Crippen molar-refractivity contribution in [3.05, 3.63) is 54.1 Å². The van der Waals surface area contributed by atoms with Crippen LogP contribution in [0.5, 0.6) is 11.5 Å². The normalized spacial score (nSPS) is 23.1. The molecule has 1 unspecified atom stereocenters. The van der Waals surface area contributed by atoms with Crippen molar-refractivity contribution in [2.75, 3.05) is 20.3 Å². The molecule has 0 spiro atoms. The standard InChI is InChI=1S/C11H6F3NO.C9H15N3O2/c12-7-1-3-9(4-2-7)16-10-5-8(13)6-15-11(10)14;1-9-5-14-4-3-6(9)7(13)12(2)8(10)11-9/h1-6H;6H,3-5H2,1-2H3,(H2,10,11)/t;6-,9?/m.0/s1. The van der Waals surface area contributed by atoms with Gasteiger partial charge in [0, 0.05) is 19.7 Å². The monoisotopic (exact) mass is 422 g/mol. The van der Waals surface area contributed by atoms with E-state index in [0.717, 1.165) is 30.8 Å². The van der Waals surface area contributed by atoms with Crippen LogP contribution in [0, 0.1) is 23.5 Å². The number of nitrogens with zero attached hydrogens (tertiary/aromatic N) is 3. The third-order valence-electron chi connectivity index (χ3n) is 4.85. The molecule has 1 aromatic heterocycles. The zero-order chi connectivity index (χ0) is 21.9. The topological polar surface area (TPSA) is 90.0 Å². The summed E-state index contributed by atoms with van der Waals surface area (Å²) >= 11 is 0. The second kappa shape index (κ2) is 8.70. The molecule has 30 heavy (non-hydrogen) atoms. The Morgan fingerprint density at radius 1 is 1.23 bits per heavy atom. The maximum atomic E-state index is 13.1. The number of hydrogen-bond acceptors (Lipinski definition) is 6. The Labute approximate surface area is 171 Å². The lowest BCUT2D eigenvalue weighted by atomic mass is 9.81. The van der Waals surface area contributed by atoms with Crippen LogP contribution in [0.1, 0.15) is 13.3 Å². The summed E-state index contributed by atoms with van der Waals surface area (Å²) in [6.07, 6.45) is 1.48. The molecule has 2 aromatic rings. The van der Waals surface area contributed by atoms with E-state index in [1.807, 2.05) is 6.92 Å². The second-order valence-electron chi connectivity index (χ2n) is 7.12. The number of benzene rings is 1. The number of ether oxygens (including phenoxy) is 2. The van der Waals surface area contributed by atoms with Crippen molar-refractivity contribution in [2.45, 2.75) is 18.9 Å². The number of guanidine groups is 1. The highest BCUT2D eigenvalue weighted by Gasteiger charge is 2.46. The van der Waals surface area contributed by atoms with Gasteiger partial charge in [-0.15, -0.1) is 0 Å². The van der Waals surface area contributed by atoms with Crippen LogP contribution in [0.4, 0.5) is 13.2 Å². The molecule has 0 aliphatic carbocycles. The first-order chi connectivity index (χ1) is 14.2. The van der Waals surface area contributed by atoms with Crippen molar-refractivity contribution < 1.29 is 27.4 Å². The first-order valence-electron chi connectivity index (χ1n) is 9.15. The minimum Gasteiger partial charge on any atom is -0.452 e. The summed E-state index contributed by atoms with van der Waals surface area (Å²) in [5, 5.41) is 0. The van der Waals surface area contributed by atoms with E-state index in [-0.39, 0.29) is 23.3 Å². The van der Waals surface area contributed by atoms with Gasteiger partial charge >= 0.3 is 0 Å². The summed E-state index contributed by atoms with van der Waals surface area (Å²) in [5.41, 5.74) is 5.21. The van der Waals surface area contributed by atoms with Crippen LogP contribution >= 0.6 is 0 Å². The third kappa shape index (κ3) is 4.70. The molecule has 3 heterocycles. The molecule has 0 bridgehead atoms. The average Bonchev–Trinajstić information content (AvgIpc) is 2.71. The molecule has 2 aliphatic heterocycles. The molecule has 0 radical (unpaired) electrons. The summed E-state index contributed by atoms with van der Waals surface area (Å²) in [5.74, 6) is -1.94. The van der Waals surface area contributed by atoms with Crippen molar-refractivity contribution in [1.29, 1.82) is 0 Å². The van der Waals surface area contributed by atoms with Crippen molar-refractivity contribution in [2.24, 2.45) is 16.6 Å². The van der Waals surface area contributed by atoms with Gasteiger partial charge in [0.15, 0.2) is 11.7 Å². The van der Waals surface area contributed by atoms with Crippen LogP contribution in [0.2, 0.25) is 0 Å². The van der Waals surface area contributed by atoms with Gasteiger partial charge in [0.1, 0.15) is 17.4 Å². The van der Waals surface area contributed by atoms with Gasteiger partial charge in [0.2, 0.25) is 5.91 Å². The molecule has 2 atom stereocenters. The Morgan fingerprint density at radius 2 is 1.93 bits per heavy atom. The van der Waals surface area contributed by atoms with E-state index in [1.54, 1.807) is 7.05 Å². The number of amides is 1. The molecule has 10 heteroatoms. The lowest BCUT2D eigenvalue weighted by Gasteiger charge is -2.42. The fourth-order valence-corrected chi connectivity index (χ4v) is 3.18. The largest absolute Gasteiger partial charge is 0.452 e. The molecule has 2 aliphatic rings. The SMILES string of the molecule is CN1C(=O)[C@@H]2CCOCC2(C)N=C1N.Fc1ccc(Oc2cc(F)cnc2F)cc1. The summed E-state index contributed by atoms with van der Waals surface area (Å²) in [7, 11) is 1.66. The fourth-order valence-electron chi connectivity index (χ4n) is 3.18. The fraction of sp³-hybridized carbons (Fsp3) is 0.350. The number of carbonyl (C=O) groups is 1. The number of nitrogens with two attached hydrogens (primary N) is 1. The lowest BCUT2D eigenvalue weighted by Crippen LogP contribution is -2.58. The summed E-state index contributed by atoms with van der Waals surface area (Å²) in [4.78, 5) is 20.8. The number of halogens is 3. The Hall–Kier alpha value is -3.14. The quantitative estimate of drug-likeness (QED) is 0.752. The van der Waals surface area contributed by atoms with Gasteiger partial charge < -0.3 is 15.2 Å². The summed E-state index contributed by atoms with van der Waals surface area (Å²) in [6.45, 7) is 3.04. The summed E-state index contributed by atoms with van der Waals surface area (Å²) in [6, 6.07) is 5.78. The Kier molecular flexibility index (Phi) is 6.25. The van der Waals surface area contributed by atoms with Crippen LogP contribution in [-0.4, -0.2) is 47.6 Å². The average molecular weight is 422 g/mol. The Morgan fingerprint density at radius 3 is 2.63 bits per heavy atom. The van der Waals surface area contributed by atoms with Gasteiger partial charge in [-0.1, -0.05) is 0 Å². The smallest absolute Gasteiger partial charge is 0.256 e. The molecule has 2 N–H and O–H groups in total. The number of carbonyl (C=O) groups excluding carboxylic acids is 1. The Bertz CT molecular complexity index is 955. The lowest BCUT2D eigenvalue weighted by molar-refractivity contribution is -0.139. The van der Waals surface area contributed by atoms with Gasteiger partial charge in [-0.25, -0.2) is 18.8 Å². The minimum absolute atomic E-state index is 0.0586. The molecule has 160 valence electrons. The summed E-state index contributed by atoms with van der Waals surface area (Å²) < 4.78 is 48.7. The molecular formula is C20H21F3N4O3. The van der Waals surface area contributed by atoms with E-state index in [0.29, 0.717) is 19.2 Å². The van der Waals surface area contributed by atoms with Crippen LogP contribution in [0.15, 0.2) is 41.5 Å². The maximum absolute atomic E-state index is 13.1. The van der Waals surface area contributed by atoms with E-state index in [1.165, 1.54) is 17.0 Å². The van der Waals surface area contributed by atoms with Gasteiger partial charge in [0.05, 0.1) is 24.3 Å². The van der Waals surface area contributed by atoms with E-state index < -0.39 is 23.1 Å². The molecular weight excluding hydrogens is 401 g/mol. The van der Waals surface area contributed by atoms with Crippen LogP contribution < -0.4 is 10.5 Å². The molecule has 1 fully saturated rings. The molecule has 4 rings (SSSR count). The Balaban J connectivity index is 0.000000172. The first kappa shape index (κ1) is 21.6. The van der Waals surface area contributed by atoms with Gasteiger partial charge in [-0.2, -0.15) is 4.39 Å². The minimum atomic E-state index is -0.925. The third-order valence-corrected chi connectivity index (χ3v) is 4.85. The highest BCUT2D eigenvalue weighted by molar-refractivity contribution is 6.00. The van der Waals surface area contributed by atoms with E-state index >= 15 is 0 Å². The number of pyridine rings is 1. The van der Waals surface area contributed by atoms with Gasteiger partial charge in [-0.05, 0) is 37.6 Å². The van der Waals surface area contributed by atoms with Crippen LogP contribution in [0.25, 0.3) is 0 Å². The van der Waals surface area contributed by atoms with E-state index in [4.69, 9.17) is 15.2 Å². The number of aliphatic imine (C=N–C) groups is 1. The zero-order valence-electron chi connectivity index (χ0n) is 16.4. The predicted octanol–water partition coefficient (Wildman–Crippen LogP) is 2.86. The predicted molar refractivity (Wildman–Crippen MR) is 102 cm³/mol. The first-order valence-corrected chi connectivity index (χ1v) is 9.15. The van der Waals surface area contributed by atoms with E-state index in [9.17, 15) is 18.0 Å². The van der Waals surface area contributed by atoms with Crippen molar-refractivity contribution in [3.8, 4) is 11.5 Å². The molecule has 1 amide bonds. The van der Waals surface area contributed by atoms with E-state index in [2.05, 4.69) is 9.98 Å².